The van der Waals surface area contributed by atoms with E-state index in [1.165, 1.54) is 5.56 Å². The van der Waals surface area contributed by atoms with E-state index in [4.69, 9.17) is 0 Å². The first-order valence-electron chi connectivity index (χ1n) is 5.15. The first-order valence-corrected chi connectivity index (χ1v) is 5.15. The van der Waals surface area contributed by atoms with Gasteiger partial charge in [-0.25, -0.2) is 0 Å². The van der Waals surface area contributed by atoms with Gasteiger partial charge in [0.2, 0.25) is 5.91 Å². The van der Waals surface area contributed by atoms with Gasteiger partial charge < -0.3 is 5.32 Å². The summed E-state index contributed by atoms with van der Waals surface area (Å²) in [5.74, 6) is 0.555. The predicted molar refractivity (Wildman–Crippen MR) is 56.0 cm³/mol. The van der Waals surface area contributed by atoms with Crippen molar-refractivity contribution >= 4 is 5.91 Å². The Morgan fingerprint density at radius 2 is 2.07 bits per heavy atom. The Kier molecular flexibility index (Phi) is 2.53. The van der Waals surface area contributed by atoms with Gasteiger partial charge in [0.1, 0.15) is 0 Å². The molecule has 1 saturated heterocycles. The van der Waals surface area contributed by atoms with Crippen LogP contribution in [0.15, 0.2) is 30.3 Å². The number of hydrogen-bond acceptors (Lipinski definition) is 1. The Balaban J connectivity index is 2.22. The second kappa shape index (κ2) is 3.82. The highest BCUT2D eigenvalue weighted by molar-refractivity contribution is 5.80. The molecule has 1 aromatic rings. The maximum atomic E-state index is 11.3. The zero-order chi connectivity index (χ0) is 9.97. The third-order valence-electron chi connectivity index (χ3n) is 2.90. The topological polar surface area (TPSA) is 29.1 Å². The van der Waals surface area contributed by atoms with E-state index in [9.17, 15) is 4.79 Å². The number of carbonyl (C=O) groups is 1. The number of nitrogens with one attached hydrogen (secondary N) is 1. The number of hydrogen-bond donors (Lipinski definition) is 1. The van der Waals surface area contributed by atoms with Crippen LogP contribution in [-0.2, 0) is 4.79 Å². The van der Waals surface area contributed by atoms with Gasteiger partial charge >= 0.3 is 0 Å². The Labute approximate surface area is 84.3 Å². The van der Waals surface area contributed by atoms with E-state index in [0.717, 1.165) is 6.42 Å². The molecule has 2 atom stereocenters. The van der Waals surface area contributed by atoms with E-state index in [2.05, 4.69) is 24.4 Å². The van der Waals surface area contributed by atoms with Crippen LogP contribution in [-0.4, -0.2) is 11.9 Å². The highest BCUT2D eigenvalue weighted by atomic mass is 16.1. The van der Waals surface area contributed by atoms with Crippen LogP contribution in [0.1, 0.15) is 31.2 Å². The summed E-state index contributed by atoms with van der Waals surface area (Å²) in [5, 5.41) is 3.01. The molecule has 1 heterocycles. The molecule has 0 spiro atoms. The SMILES string of the molecule is CCC1NC(=O)CC1c1ccccc1. The molecule has 0 radical (unpaired) electrons. The molecule has 2 unspecified atom stereocenters. The Morgan fingerprint density at radius 3 is 2.71 bits per heavy atom. The molecular formula is C12H15NO. The number of rotatable bonds is 2. The van der Waals surface area contributed by atoms with Gasteiger partial charge in [0.15, 0.2) is 0 Å². The van der Waals surface area contributed by atoms with Crippen molar-refractivity contribution in [3.8, 4) is 0 Å². The van der Waals surface area contributed by atoms with Crippen molar-refractivity contribution in [3.05, 3.63) is 35.9 Å². The van der Waals surface area contributed by atoms with Gasteiger partial charge in [-0.1, -0.05) is 37.3 Å². The summed E-state index contributed by atoms with van der Waals surface area (Å²) in [5.41, 5.74) is 1.28. The lowest BCUT2D eigenvalue weighted by molar-refractivity contribution is -0.119. The van der Waals surface area contributed by atoms with Crippen LogP contribution < -0.4 is 5.32 Å². The van der Waals surface area contributed by atoms with Gasteiger partial charge in [-0.2, -0.15) is 0 Å². The Bertz CT molecular complexity index is 320. The van der Waals surface area contributed by atoms with E-state index in [1.54, 1.807) is 0 Å². The highest BCUT2D eigenvalue weighted by Crippen LogP contribution is 2.29. The molecule has 14 heavy (non-hydrogen) atoms. The first kappa shape index (κ1) is 9.25. The smallest absolute Gasteiger partial charge is 0.220 e. The number of amides is 1. The summed E-state index contributed by atoms with van der Waals surface area (Å²) >= 11 is 0. The van der Waals surface area contributed by atoms with Crippen LogP contribution in [0.3, 0.4) is 0 Å². The fourth-order valence-corrected chi connectivity index (χ4v) is 2.15. The highest BCUT2D eigenvalue weighted by Gasteiger charge is 2.31. The molecule has 1 N–H and O–H groups in total. The maximum Gasteiger partial charge on any atom is 0.220 e. The van der Waals surface area contributed by atoms with Crippen molar-refractivity contribution in [2.45, 2.75) is 31.7 Å². The monoisotopic (exact) mass is 189 g/mol. The molecule has 1 fully saturated rings. The minimum Gasteiger partial charge on any atom is -0.353 e. The second-order valence-corrected chi connectivity index (χ2v) is 3.80. The van der Waals surface area contributed by atoms with Crippen LogP contribution in [0.2, 0.25) is 0 Å². The van der Waals surface area contributed by atoms with Crippen LogP contribution in [0.25, 0.3) is 0 Å². The minimum atomic E-state index is 0.186. The van der Waals surface area contributed by atoms with Crippen molar-refractivity contribution in [1.82, 2.24) is 5.32 Å². The minimum absolute atomic E-state index is 0.186. The summed E-state index contributed by atoms with van der Waals surface area (Å²) in [6.07, 6.45) is 1.65. The normalized spacial score (nSPS) is 26.2. The summed E-state index contributed by atoms with van der Waals surface area (Å²) in [7, 11) is 0. The molecule has 0 aromatic heterocycles. The zero-order valence-corrected chi connectivity index (χ0v) is 8.36. The van der Waals surface area contributed by atoms with E-state index in [1.807, 2.05) is 18.2 Å². The fourth-order valence-electron chi connectivity index (χ4n) is 2.15. The third kappa shape index (κ3) is 1.65. The molecule has 2 heteroatoms. The second-order valence-electron chi connectivity index (χ2n) is 3.80. The van der Waals surface area contributed by atoms with Gasteiger partial charge in [-0.15, -0.1) is 0 Å². The first-order chi connectivity index (χ1) is 6.81. The van der Waals surface area contributed by atoms with Gasteiger partial charge in [0, 0.05) is 18.4 Å². The number of carbonyl (C=O) groups excluding carboxylic acids is 1. The number of benzene rings is 1. The molecule has 74 valence electrons. The molecule has 0 saturated carbocycles. The summed E-state index contributed by atoms with van der Waals surface area (Å²) in [6.45, 7) is 2.12. The summed E-state index contributed by atoms with van der Waals surface area (Å²) in [6, 6.07) is 10.6. The lowest BCUT2D eigenvalue weighted by atomic mass is 9.91. The third-order valence-corrected chi connectivity index (χ3v) is 2.90. The molecule has 1 aliphatic heterocycles. The molecule has 2 nitrogen and oxygen atoms in total. The molecule has 1 aliphatic rings. The van der Waals surface area contributed by atoms with Crippen molar-refractivity contribution in [3.63, 3.8) is 0 Å². The molecule has 1 amide bonds. The Morgan fingerprint density at radius 1 is 1.36 bits per heavy atom. The standard InChI is InChI=1S/C12H15NO/c1-2-11-10(8-12(14)13-11)9-6-4-3-5-7-9/h3-7,10-11H,2,8H2,1H3,(H,13,14). The quantitative estimate of drug-likeness (QED) is 0.758. The van der Waals surface area contributed by atoms with Crippen LogP contribution in [0, 0.1) is 0 Å². The molecule has 0 aliphatic carbocycles. The summed E-state index contributed by atoms with van der Waals surface area (Å²) < 4.78 is 0. The van der Waals surface area contributed by atoms with Gasteiger partial charge in [0.25, 0.3) is 0 Å². The zero-order valence-electron chi connectivity index (χ0n) is 8.36. The van der Waals surface area contributed by atoms with Gasteiger partial charge in [0.05, 0.1) is 0 Å². The largest absolute Gasteiger partial charge is 0.353 e. The average molecular weight is 189 g/mol. The van der Waals surface area contributed by atoms with E-state index in [0.29, 0.717) is 18.4 Å². The Hall–Kier alpha value is -1.31. The molecular weight excluding hydrogens is 174 g/mol. The average Bonchev–Trinajstić information content (AvgIpc) is 2.61. The van der Waals surface area contributed by atoms with E-state index < -0.39 is 0 Å². The maximum absolute atomic E-state index is 11.3. The molecule has 2 rings (SSSR count). The van der Waals surface area contributed by atoms with Gasteiger partial charge in [-0.3, -0.25) is 4.79 Å². The van der Waals surface area contributed by atoms with E-state index in [-0.39, 0.29) is 5.91 Å². The van der Waals surface area contributed by atoms with Crippen molar-refractivity contribution in [1.29, 1.82) is 0 Å². The van der Waals surface area contributed by atoms with Crippen molar-refractivity contribution < 1.29 is 4.79 Å². The van der Waals surface area contributed by atoms with Gasteiger partial charge in [-0.05, 0) is 12.0 Å². The van der Waals surface area contributed by atoms with Crippen LogP contribution in [0.4, 0.5) is 0 Å². The fraction of sp³-hybridized carbons (Fsp3) is 0.417. The molecule has 1 aromatic carbocycles. The lowest BCUT2D eigenvalue weighted by Crippen LogP contribution is -2.27. The van der Waals surface area contributed by atoms with Crippen molar-refractivity contribution in [2.24, 2.45) is 0 Å². The van der Waals surface area contributed by atoms with Crippen LogP contribution >= 0.6 is 0 Å². The lowest BCUT2D eigenvalue weighted by Gasteiger charge is -2.16. The van der Waals surface area contributed by atoms with Crippen LogP contribution in [0.5, 0.6) is 0 Å². The summed E-state index contributed by atoms with van der Waals surface area (Å²) in [4.78, 5) is 11.3. The van der Waals surface area contributed by atoms with Crippen molar-refractivity contribution in [2.75, 3.05) is 0 Å². The molecule has 0 bridgehead atoms. The van der Waals surface area contributed by atoms with E-state index >= 15 is 0 Å². The predicted octanol–water partition coefficient (Wildman–Crippen LogP) is 2.07.